The minimum Gasteiger partial charge on any atom is -0.322 e. The van der Waals surface area contributed by atoms with Gasteiger partial charge in [-0.25, -0.2) is 9.97 Å². The first-order valence-corrected chi connectivity index (χ1v) is 10.9. The van der Waals surface area contributed by atoms with E-state index < -0.39 is 23.1 Å². The molecule has 3 aromatic rings. The molecule has 0 saturated heterocycles. The van der Waals surface area contributed by atoms with Crippen LogP contribution < -0.4 is 10.2 Å². The summed E-state index contributed by atoms with van der Waals surface area (Å²) in [7, 11) is 0. The van der Waals surface area contributed by atoms with Crippen LogP contribution in [0.25, 0.3) is 0 Å². The van der Waals surface area contributed by atoms with Crippen LogP contribution in [0, 0.1) is 6.92 Å². The van der Waals surface area contributed by atoms with Gasteiger partial charge >= 0.3 is 6.18 Å². The average Bonchev–Trinajstić information content (AvgIpc) is 3.59. The first kappa shape index (κ1) is 22.3. The Hall–Kier alpha value is -3.46. The molecule has 2 aliphatic rings. The van der Waals surface area contributed by atoms with Crippen molar-refractivity contribution in [3.8, 4) is 0 Å². The number of anilines is 2. The molecule has 2 amide bonds. The van der Waals surface area contributed by atoms with Gasteiger partial charge in [0, 0.05) is 28.7 Å². The fourth-order valence-corrected chi connectivity index (χ4v) is 4.44. The average molecular weight is 487 g/mol. The number of hydrogen-bond acceptors (Lipinski definition) is 4. The Labute approximate surface area is 197 Å². The van der Waals surface area contributed by atoms with E-state index in [-0.39, 0.29) is 29.0 Å². The van der Waals surface area contributed by atoms with E-state index in [1.807, 2.05) is 6.92 Å². The van der Waals surface area contributed by atoms with Crippen molar-refractivity contribution in [2.75, 3.05) is 10.2 Å². The summed E-state index contributed by atoms with van der Waals surface area (Å²) in [6, 6.07) is 9.27. The Morgan fingerprint density at radius 3 is 2.65 bits per heavy atom. The predicted octanol–water partition coefficient (Wildman–Crippen LogP) is 5.29. The number of hydrogen-bond donors (Lipinski definition) is 1. The van der Waals surface area contributed by atoms with Gasteiger partial charge in [-0.2, -0.15) is 13.2 Å². The summed E-state index contributed by atoms with van der Waals surface area (Å²) in [6.45, 7) is 2.05. The van der Waals surface area contributed by atoms with Crippen molar-refractivity contribution in [2.24, 2.45) is 0 Å². The Morgan fingerprint density at radius 2 is 1.94 bits per heavy atom. The summed E-state index contributed by atoms with van der Waals surface area (Å²) in [5, 5.41) is 2.60. The summed E-state index contributed by atoms with van der Waals surface area (Å²) < 4.78 is 39.0. The van der Waals surface area contributed by atoms with E-state index >= 15 is 0 Å². The second-order valence-electron chi connectivity index (χ2n) is 8.52. The number of amides is 2. The molecule has 10 heteroatoms. The van der Waals surface area contributed by atoms with Gasteiger partial charge in [0.05, 0.1) is 23.2 Å². The van der Waals surface area contributed by atoms with Crippen molar-refractivity contribution in [1.29, 1.82) is 0 Å². The molecule has 1 aromatic heterocycles. The van der Waals surface area contributed by atoms with Crippen molar-refractivity contribution in [3.05, 3.63) is 81.9 Å². The van der Waals surface area contributed by atoms with Gasteiger partial charge < -0.3 is 10.2 Å². The van der Waals surface area contributed by atoms with Gasteiger partial charge in [0.1, 0.15) is 0 Å². The predicted molar refractivity (Wildman–Crippen MR) is 120 cm³/mol. The molecule has 1 aliphatic carbocycles. The van der Waals surface area contributed by atoms with Crippen LogP contribution in [0.2, 0.25) is 5.28 Å². The molecule has 174 valence electrons. The molecule has 0 radical (unpaired) electrons. The van der Waals surface area contributed by atoms with Gasteiger partial charge in [0.2, 0.25) is 11.2 Å². The first-order valence-electron chi connectivity index (χ1n) is 10.5. The molecule has 1 saturated carbocycles. The molecular formula is C24H18ClF3N4O2. The van der Waals surface area contributed by atoms with Crippen LogP contribution in [0.15, 0.2) is 48.7 Å². The van der Waals surface area contributed by atoms with Gasteiger partial charge in [0.25, 0.3) is 5.91 Å². The van der Waals surface area contributed by atoms with E-state index in [0.29, 0.717) is 24.2 Å². The highest BCUT2D eigenvalue weighted by molar-refractivity contribution is 6.28. The molecule has 1 spiro atoms. The number of alkyl halides is 3. The van der Waals surface area contributed by atoms with E-state index in [2.05, 4.69) is 15.3 Å². The lowest BCUT2D eigenvalue weighted by Crippen LogP contribution is -2.45. The minimum absolute atomic E-state index is 0.0240. The topological polar surface area (TPSA) is 75.2 Å². The van der Waals surface area contributed by atoms with Crippen molar-refractivity contribution < 1.29 is 22.8 Å². The Balaban J connectivity index is 1.45. The molecule has 2 aromatic carbocycles. The SMILES string of the molecule is Cc1ccc(C(=O)Nc2cccc(C(F)(F)F)c2)cc1N1Cc2cnc(Cl)nc2C2(CC2)C1=O. The number of nitrogens with one attached hydrogen (secondary N) is 1. The van der Waals surface area contributed by atoms with Crippen molar-refractivity contribution in [1.82, 2.24) is 9.97 Å². The third-order valence-electron chi connectivity index (χ3n) is 6.23. The lowest BCUT2D eigenvalue weighted by Gasteiger charge is -2.34. The van der Waals surface area contributed by atoms with Crippen LogP contribution >= 0.6 is 11.6 Å². The number of carbonyl (C=O) groups excluding carboxylic acids is 2. The fourth-order valence-electron chi connectivity index (χ4n) is 4.31. The van der Waals surface area contributed by atoms with Crippen molar-refractivity contribution in [3.63, 3.8) is 0 Å². The first-order chi connectivity index (χ1) is 16.1. The molecule has 2 heterocycles. The molecular weight excluding hydrogens is 469 g/mol. The number of rotatable bonds is 3. The van der Waals surface area contributed by atoms with Gasteiger partial charge in [-0.3, -0.25) is 9.59 Å². The third-order valence-corrected chi connectivity index (χ3v) is 6.41. The molecule has 6 nitrogen and oxygen atoms in total. The summed E-state index contributed by atoms with van der Waals surface area (Å²) in [5.41, 5.74) is 1.42. The molecule has 5 rings (SSSR count). The van der Waals surface area contributed by atoms with Crippen LogP contribution in [0.3, 0.4) is 0 Å². The maximum atomic E-state index is 13.5. The Morgan fingerprint density at radius 1 is 1.18 bits per heavy atom. The largest absolute Gasteiger partial charge is 0.416 e. The monoisotopic (exact) mass is 486 g/mol. The standard InChI is InChI=1S/C24H18ClF3N4O2/c1-13-5-6-14(20(33)30-17-4-2-3-16(10-17)24(26,27)28)9-18(13)32-12-15-11-29-22(25)31-19(15)23(7-8-23)21(32)34/h2-6,9-11H,7-8,12H2,1H3,(H,30,33). The third kappa shape index (κ3) is 3.79. The second kappa shape index (κ2) is 7.80. The maximum Gasteiger partial charge on any atom is 0.416 e. The van der Waals surface area contributed by atoms with Crippen LogP contribution in [-0.2, 0) is 22.9 Å². The number of aryl methyl sites for hydroxylation is 1. The number of carbonyl (C=O) groups is 2. The van der Waals surface area contributed by atoms with Gasteiger partial charge in [0.15, 0.2) is 0 Å². The van der Waals surface area contributed by atoms with E-state index in [9.17, 15) is 22.8 Å². The van der Waals surface area contributed by atoms with Gasteiger partial charge in [-0.1, -0.05) is 12.1 Å². The van der Waals surface area contributed by atoms with Crippen LogP contribution in [-0.4, -0.2) is 21.8 Å². The number of halogens is 4. The van der Waals surface area contributed by atoms with E-state index in [4.69, 9.17) is 11.6 Å². The quantitative estimate of drug-likeness (QED) is 0.511. The lowest BCUT2D eigenvalue weighted by molar-refractivity contribution is -0.137. The normalized spacial score (nSPS) is 16.4. The fraction of sp³-hybridized carbons (Fsp3) is 0.250. The van der Waals surface area contributed by atoms with Gasteiger partial charge in [-0.15, -0.1) is 0 Å². The van der Waals surface area contributed by atoms with Crippen molar-refractivity contribution >= 4 is 34.8 Å². The Bertz CT molecular complexity index is 1340. The molecule has 0 atom stereocenters. The van der Waals surface area contributed by atoms with E-state index in [1.54, 1.807) is 29.3 Å². The molecule has 1 fully saturated rings. The zero-order valence-electron chi connectivity index (χ0n) is 17.9. The smallest absolute Gasteiger partial charge is 0.322 e. The molecule has 1 aliphatic heterocycles. The number of benzene rings is 2. The molecule has 1 N–H and O–H groups in total. The van der Waals surface area contributed by atoms with Crippen LogP contribution in [0.1, 0.15) is 45.6 Å². The molecule has 34 heavy (non-hydrogen) atoms. The highest BCUT2D eigenvalue weighted by Crippen LogP contribution is 2.53. The summed E-state index contributed by atoms with van der Waals surface area (Å²) in [5.74, 6) is -0.699. The second-order valence-corrected chi connectivity index (χ2v) is 8.86. The highest BCUT2D eigenvalue weighted by atomic mass is 35.5. The van der Waals surface area contributed by atoms with Crippen LogP contribution in [0.5, 0.6) is 0 Å². The zero-order valence-corrected chi connectivity index (χ0v) is 18.7. The summed E-state index contributed by atoms with van der Waals surface area (Å²) in [6.07, 6.45) is -1.60. The number of nitrogens with zero attached hydrogens (tertiary/aromatic N) is 3. The lowest BCUT2D eigenvalue weighted by atomic mass is 9.90. The van der Waals surface area contributed by atoms with Crippen molar-refractivity contribution in [2.45, 2.75) is 37.9 Å². The summed E-state index contributed by atoms with van der Waals surface area (Å²) in [4.78, 5) is 36.3. The highest BCUT2D eigenvalue weighted by Gasteiger charge is 2.58. The summed E-state index contributed by atoms with van der Waals surface area (Å²) >= 11 is 5.96. The number of fused-ring (bicyclic) bond motifs is 2. The minimum atomic E-state index is -4.52. The van der Waals surface area contributed by atoms with Gasteiger partial charge in [-0.05, 0) is 67.3 Å². The molecule has 0 unspecified atom stereocenters. The van der Waals surface area contributed by atoms with E-state index in [0.717, 1.165) is 23.3 Å². The zero-order chi connectivity index (χ0) is 24.3. The number of aromatic nitrogens is 2. The van der Waals surface area contributed by atoms with E-state index in [1.165, 1.54) is 12.1 Å². The molecule has 0 bridgehead atoms. The van der Waals surface area contributed by atoms with Crippen LogP contribution in [0.4, 0.5) is 24.5 Å². The Kier molecular flexibility index (Phi) is 5.12. The maximum absolute atomic E-state index is 13.5.